The average molecular weight is 393 g/mol. The molecule has 1 amide bonds. The van der Waals surface area contributed by atoms with Crippen LogP contribution in [0.15, 0.2) is 30.6 Å². The van der Waals surface area contributed by atoms with Gasteiger partial charge in [-0.1, -0.05) is 29.3 Å². The maximum Gasteiger partial charge on any atom is 0.248 e. The van der Waals surface area contributed by atoms with E-state index in [2.05, 4.69) is 20.5 Å². The van der Waals surface area contributed by atoms with Crippen LogP contribution in [0.3, 0.4) is 0 Å². The first kappa shape index (κ1) is 18.4. The number of aromatic nitrogens is 5. The van der Waals surface area contributed by atoms with Gasteiger partial charge in [-0.2, -0.15) is 5.10 Å². The van der Waals surface area contributed by atoms with E-state index in [9.17, 15) is 4.79 Å². The Morgan fingerprint density at radius 1 is 1.15 bits per heavy atom. The van der Waals surface area contributed by atoms with Crippen molar-refractivity contribution in [2.75, 3.05) is 5.32 Å². The fourth-order valence-electron chi connectivity index (χ4n) is 2.55. The Morgan fingerprint density at radius 3 is 2.65 bits per heavy atom. The zero-order chi connectivity index (χ0) is 18.7. The third-order valence-corrected chi connectivity index (χ3v) is 4.51. The zero-order valence-corrected chi connectivity index (χ0v) is 15.9. The second-order valence-corrected chi connectivity index (χ2v) is 6.78. The lowest BCUT2D eigenvalue weighted by atomic mass is 10.2. The minimum absolute atomic E-state index is 0.162. The number of carbonyl (C=O) groups excluding carboxylic acids is 1. The molecule has 0 unspecified atom stereocenters. The summed E-state index contributed by atoms with van der Waals surface area (Å²) in [6.07, 6.45) is 1.85. The monoisotopic (exact) mass is 392 g/mol. The van der Waals surface area contributed by atoms with Gasteiger partial charge in [-0.25, -0.2) is 9.67 Å². The maximum absolute atomic E-state index is 12.1. The van der Waals surface area contributed by atoms with Gasteiger partial charge in [0.1, 0.15) is 6.33 Å². The number of nitrogens with one attached hydrogen (secondary N) is 1. The minimum Gasteiger partial charge on any atom is -0.293 e. The number of anilines is 1. The van der Waals surface area contributed by atoms with Crippen LogP contribution in [0.1, 0.15) is 23.4 Å². The first-order valence-corrected chi connectivity index (χ1v) is 8.80. The predicted molar refractivity (Wildman–Crippen MR) is 101 cm³/mol. The van der Waals surface area contributed by atoms with Crippen molar-refractivity contribution in [3.8, 4) is 0 Å². The zero-order valence-electron chi connectivity index (χ0n) is 14.4. The van der Waals surface area contributed by atoms with Crippen molar-refractivity contribution in [3.05, 3.63) is 57.6 Å². The smallest absolute Gasteiger partial charge is 0.248 e. The summed E-state index contributed by atoms with van der Waals surface area (Å²) in [5.74, 6) is 0.105. The number of hydrogen-bond donors (Lipinski definition) is 1. The first-order valence-electron chi connectivity index (χ1n) is 8.05. The molecule has 136 valence electrons. The Hall–Kier alpha value is -2.38. The molecular weight excluding hydrogens is 375 g/mol. The number of halogens is 2. The van der Waals surface area contributed by atoms with E-state index in [1.807, 2.05) is 30.7 Å². The van der Waals surface area contributed by atoms with E-state index in [0.717, 1.165) is 17.0 Å². The summed E-state index contributed by atoms with van der Waals surface area (Å²) in [6.45, 7) is 4.87. The first-order chi connectivity index (χ1) is 12.4. The van der Waals surface area contributed by atoms with Crippen molar-refractivity contribution < 1.29 is 4.79 Å². The van der Waals surface area contributed by atoms with E-state index in [-0.39, 0.29) is 11.9 Å². The SMILES string of the molecule is Cc1cc(C)n(CCC(=O)Nc2ncn(Cc3ccc(Cl)c(Cl)c3)n2)n1. The van der Waals surface area contributed by atoms with Gasteiger partial charge in [0.15, 0.2) is 0 Å². The van der Waals surface area contributed by atoms with Crippen LogP contribution < -0.4 is 5.32 Å². The standard InChI is InChI=1S/C17H18Cl2N6O/c1-11-7-12(2)25(22-11)6-5-16(26)21-17-20-10-24(23-17)9-13-3-4-14(18)15(19)8-13/h3-4,7-8,10H,5-6,9H2,1-2H3,(H,21,23,26). The van der Waals surface area contributed by atoms with Gasteiger partial charge in [0.05, 0.1) is 22.3 Å². The molecular formula is C17H18Cl2N6O. The molecule has 26 heavy (non-hydrogen) atoms. The fraction of sp³-hybridized carbons (Fsp3) is 0.294. The van der Waals surface area contributed by atoms with Crippen LogP contribution in [-0.4, -0.2) is 30.5 Å². The van der Waals surface area contributed by atoms with Crippen LogP contribution in [0.2, 0.25) is 10.0 Å². The largest absolute Gasteiger partial charge is 0.293 e. The van der Waals surface area contributed by atoms with Gasteiger partial charge >= 0.3 is 0 Å². The lowest BCUT2D eigenvalue weighted by molar-refractivity contribution is -0.116. The van der Waals surface area contributed by atoms with E-state index in [1.54, 1.807) is 23.1 Å². The van der Waals surface area contributed by atoms with Crippen LogP contribution in [0.25, 0.3) is 0 Å². The van der Waals surface area contributed by atoms with Gasteiger partial charge in [0, 0.05) is 18.7 Å². The van der Waals surface area contributed by atoms with Crippen molar-refractivity contribution in [1.29, 1.82) is 0 Å². The third-order valence-electron chi connectivity index (χ3n) is 3.77. The number of nitrogens with zero attached hydrogens (tertiary/aromatic N) is 5. The predicted octanol–water partition coefficient (Wildman–Crippen LogP) is 3.48. The molecule has 2 heterocycles. The lowest BCUT2D eigenvalue weighted by Gasteiger charge is -2.04. The third kappa shape index (κ3) is 4.62. The molecule has 0 spiro atoms. The maximum atomic E-state index is 12.1. The normalized spacial score (nSPS) is 10.9. The van der Waals surface area contributed by atoms with Crippen molar-refractivity contribution in [2.45, 2.75) is 33.4 Å². The number of benzene rings is 1. The number of carbonyl (C=O) groups is 1. The Bertz CT molecular complexity index is 933. The van der Waals surface area contributed by atoms with Gasteiger partial charge in [0.2, 0.25) is 11.9 Å². The minimum atomic E-state index is -0.162. The average Bonchev–Trinajstić information content (AvgIpc) is 3.14. The molecule has 0 radical (unpaired) electrons. The molecule has 1 N–H and O–H groups in total. The summed E-state index contributed by atoms with van der Waals surface area (Å²) < 4.78 is 3.43. The molecule has 0 saturated heterocycles. The molecule has 2 aromatic heterocycles. The van der Waals surface area contributed by atoms with Gasteiger partial charge in [0.25, 0.3) is 0 Å². The number of aryl methyl sites for hydroxylation is 3. The summed E-state index contributed by atoms with van der Waals surface area (Å²) in [6, 6.07) is 7.35. The summed E-state index contributed by atoms with van der Waals surface area (Å²) in [4.78, 5) is 16.2. The summed E-state index contributed by atoms with van der Waals surface area (Å²) >= 11 is 11.9. The molecule has 0 bridgehead atoms. The molecule has 9 heteroatoms. The van der Waals surface area contributed by atoms with Crippen molar-refractivity contribution in [3.63, 3.8) is 0 Å². The quantitative estimate of drug-likeness (QED) is 0.696. The van der Waals surface area contributed by atoms with Crippen LogP contribution in [0.4, 0.5) is 5.95 Å². The molecule has 1 aromatic carbocycles. The highest BCUT2D eigenvalue weighted by atomic mass is 35.5. The molecule has 3 aromatic rings. The van der Waals surface area contributed by atoms with Crippen LogP contribution in [-0.2, 0) is 17.9 Å². The Balaban J connectivity index is 1.55. The highest BCUT2D eigenvalue weighted by molar-refractivity contribution is 6.42. The summed E-state index contributed by atoms with van der Waals surface area (Å²) in [5.41, 5.74) is 2.90. The molecule has 0 atom stereocenters. The molecule has 0 aliphatic carbocycles. The highest BCUT2D eigenvalue weighted by Crippen LogP contribution is 2.22. The van der Waals surface area contributed by atoms with Crippen LogP contribution >= 0.6 is 23.2 Å². The number of hydrogen-bond acceptors (Lipinski definition) is 4. The number of amides is 1. The van der Waals surface area contributed by atoms with E-state index in [4.69, 9.17) is 23.2 Å². The van der Waals surface area contributed by atoms with E-state index in [1.165, 1.54) is 0 Å². The van der Waals surface area contributed by atoms with Crippen LogP contribution in [0, 0.1) is 13.8 Å². The Labute approximate surface area is 160 Å². The highest BCUT2D eigenvalue weighted by Gasteiger charge is 2.09. The molecule has 7 nitrogen and oxygen atoms in total. The second-order valence-electron chi connectivity index (χ2n) is 5.96. The van der Waals surface area contributed by atoms with Crippen molar-refractivity contribution in [2.24, 2.45) is 0 Å². The van der Waals surface area contributed by atoms with Gasteiger partial charge in [-0.3, -0.25) is 14.8 Å². The molecule has 0 aliphatic heterocycles. The van der Waals surface area contributed by atoms with E-state index < -0.39 is 0 Å². The molecule has 3 rings (SSSR count). The second kappa shape index (κ2) is 7.88. The molecule has 0 fully saturated rings. The number of rotatable bonds is 6. The van der Waals surface area contributed by atoms with Crippen molar-refractivity contribution >= 4 is 35.1 Å². The van der Waals surface area contributed by atoms with Gasteiger partial charge < -0.3 is 0 Å². The molecule has 0 aliphatic rings. The van der Waals surface area contributed by atoms with Gasteiger partial charge in [-0.05, 0) is 37.6 Å². The fourth-order valence-corrected chi connectivity index (χ4v) is 2.87. The Kier molecular flexibility index (Phi) is 5.58. The van der Waals surface area contributed by atoms with Gasteiger partial charge in [-0.15, -0.1) is 5.10 Å². The lowest BCUT2D eigenvalue weighted by Crippen LogP contribution is -2.16. The topological polar surface area (TPSA) is 77.6 Å². The van der Waals surface area contributed by atoms with Crippen LogP contribution in [0.5, 0.6) is 0 Å². The summed E-state index contributed by atoms with van der Waals surface area (Å²) in [5, 5.41) is 12.3. The van der Waals surface area contributed by atoms with Crippen molar-refractivity contribution in [1.82, 2.24) is 24.5 Å². The summed E-state index contributed by atoms with van der Waals surface area (Å²) in [7, 11) is 0. The van der Waals surface area contributed by atoms with E-state index in [0.29, 0.717) is 29.6 Å². The van der Waals surface area contributed by atoms with E-state index >= 15 is 0 Å². The Morgan fingerprint density at radius 2 is 1.96 bits per heavy atom. The molecule has 0 saturated carbocycles.